The Bertz CT molecular complexity index is 915. The van der Waals surface area contributed by atoms with Gasteiger partial charge in [0.25, 0.3) is 5.91 Å². The zero-order chi connectivity index (χ0) is 18.1. The van der Waals surface area contributed by atoms with Crippen LogP contribution in [0.4, 0.5) is 0 Å². The van der Waals surface area contributed by atoms with Crippen molar-refractivity contribution in [2.45, 2.75) is 6.54 Å². The highest BCUT2D eigenvalue weighted by Crippen LogP contribution is 2.41. The average Bonchev–Trinajstić information content (AvgIpc) is 3.21. The molecule has 8 heteroatoms. The monoisotopic (exact) mass is 386 g/mol. The lowest BCUT2D eigenvalue weighted by molar-refractivity contribution is -0.122. The number of pyridine rings is 1. The van der Waals surface area contributed by atoms with Crippen molar-refractivity contribution in [1.82, 2.24) is 9.88 Å². The molecular formula is C18H14N2O4S2. The summed E-state index contributed by atoms with van der Waals surface area (Å²) in [4.78, 5) is 19.0. The first kappa shape index (κ1) is 16.9. The number of aromatic nitrogens is 1. The molecule has 2 aliphatic rings. The van der Waals surface area contributed by atoms with Gasteiger partial charge in [-0.1, -0.05) is 30.0 Å². The molecule has 2 aliphatic heterocycles. The Hall–Kier alpha value is -2.58. The summed E-state index contributed by atoms with van der Waals surface area (Å²) in [6, 6.07) is 7.30. The second-order valence-electron chi connectivity index (χ2n) is 5.58. The van der Waals surface area contributed by atoms with Crippen molar-refractivity contribution < 1.29 is 19.0 Å². The van der Waals surface area contributed by atoms with E-state index < -0.39 is 0 Å². The first-order valence-corrected chi connectivity index (χ1v) is 9.00. The normalized spacial score (nSPS) is 17.3. The predicted molar refractivity (Wildman–Crippen MR) is 102 cm³/mol. The number of ether oxygens (including phenoxy) is 3. The molecule has 2 aromatic rings. The summed E-state index contributed by atoms with van der Waals surface area (Å²) in [6.07, 6.45) is 5.19. The standard InChI is InChI=1S/C18H14N2O4S2/c1-22-13-7-15-14(23-10-24-15)5-12(13)6-16-17(21)20(18(25)26-16)9-11-3-2-4-19-8-11/h2-8H,9-10H2,1H3. The summed E-state index contributed by atoms with van der Waals surface area (Å²) in [5, 5.41) is 0. The Balaban J connectivity index is 1.62. The van der Waals surface area contributed by atoms with Crippen LogP contribution in [-0.2, 0) is 11.3 Å². The molecule has 0 atom stereocenters. The van der Waals surface area contributed by atoms with Crippen LogP contribution in [0.1, 0.15) is 11.1 Å². The van der Waals surface area contributed by atoms with Gasteiger partial charge in [-0.05, 0) is 23.8 Å². The first-order valence-electron chi connectivity index (χ1n) is 7.77. The van der Waals surface area contributed by atoms with Crippen molar-refractivity contribution in [3.8, 4) is 17.2 Å². The van der Waals surface area contributed by atoms with Gasteiger partial charge in [0.2, 0.25) is 6.79 Å². The summed E-state index contributed by atoms with van der Waals surface area (Å²) < 4.78 is 16.7. The molecule has 4 rings (SSSR count). The third kappa shape index (κ3) is 3.13. The van der Waals surface area contributed by atoms with Crippen LogP contribution >= 0.6 is 24.0 Å². The summed E-state index contributed by atoms with van der Waals surface area (Å²) in [5.74, 6) is 1.72. The molecule has 0 radical (unpaired) electrons. The Morgan fingerprint density at radius 3 is 2.92 bits per heavy atom. The highest BCUT2D eigenvalue weighted by atomic mass is 32.2. The molecule has 1 amide bonds. The Labute approximate surface area is 159 Å². The van der Waals surface area contributed by atoms with E-state index in [-0.39, 0.29) is 12.7 Å². The highest BCUT2D eigenvalue weighted by molar-refractivity contribution is 8.26. The summed E-state index contributed by atoms with van der Waals surface area (Å²) in [6.45, 7) is 0.573. The fraction of sp³-hybridized carbons (Fsp3) is 0.167. The lowest BCUT2D eigenvalue weighted by Crippen LogP contribution is -2.27. The minimum absolute atomic E-state index is 0.136. The van der Waals surface area contributed by atoms with E-state index in [2.05, 4.69) is 4.98 Å². The summed E-state index contributed by atoms with van der Waals surface area (Å²) in [5.41, 5.74) is 1.66. The maximum absolute atomic E-state index is 12.8. The van der Waals surface area contributed by atoms with E-state index in [1.807, 2.05) is 12.1 Å². The molecule has 0 aliphatic carbocycles. The number of thioether (sulfide) groups is 1. The van der Waals surface area contributed by atoms with Crippen LogP contribution in [0, 0.1) is 0 Å². The quantitative estimate of drug-likeness (QED) is 0.591. The molecule has 0 spiro atoms. The molecule has 0 N–H and O–H groups in total. The number of carbonyl (C=O) groups is 1. The topological polar surface area (TPSA) is 60.9 Å². The predicted octanol–water partition coefficient (Wildman–Crippen LogP) is 3.22. The second-order valence-corrected chi connectivity index (χ2v) is 7.25. The molecule has 1 aromatic carbocycles. The van der Waals surface area contributed by atoms with Crippen molar-refractivity contribution in [2.75, 3.05) is 13.9 Å². The Morgan fingerprint density at radius 2 is 2.19 bits per heavy atom. The average molecular weight is 386 g/mol. The van der Waals surface area contributed by atoms with Gasteiger partial charge in [0.1, 0.15) is 10.1 Å². The molecule has 3 heterocycles. The maximum Gasteiger partial charge on any atom is 0.266 e. The number of hydrogen-bond donors (Lipinski definition) is 0. The van der Waals surface area contributed by atoms with E-state index in [0.717, 1.165) is 11.1 Å². The fourth-order valence-electron chi connectivity index (χ4n) is 2.68. The van der Waals surface area contributed by atoms with E-state index in [0.29, 0.717) is 33.0 Å². The molecule has 1 aromatic heterocycles. The highest BCUT2D eigenvalue weighted by Gasteiger charge is 2.32. The number of carbonyl (C=O) groups excluding carboxylic acids is 1. The van der Waals surface area contributed by atoms with Crippen LogP contribution in [0.5, 0.6) is 17.2 Å². The third-order valence-corrected chi connectivity index (χ3v) is 5.33. The van der Waals surface area contributed by atoms with Crippen LogP contribution in [0.15, 0.2) is 41.6 Å². The van der Waals surface area contributed by atoms with E-state index in [1.54, 1.807) is 42.6 Å². The second kappa shape index (κ2) is 6.97. The third-order valence-electron chi connectivity index (χ3n) is 3.95. The van der Waals surface area contributed by atoms with Gasteiger partial charge in [0, 0.05) is 24.0 Å². The van der Waals surface area contributed by atoms with E-state index in [9.17, 15) is 4.79 Å². The van der Waals surface area contributed by atoms with Gasteiger partial charge in [-0.3, -0.25) is 14.7 Å². The number of methoxy groups -OCH3 is 1. The molecule has 132 valence electrons. The van der Waals surface area contributed by atoms with Crippen molar-refractivity contribution in [3.05, 3.63) is 52.7 Å². The van der Waals surface area contributed by atoms with E-state index >= 15 is 0 Å². The number of nitrogens with zero attached hydrogens (tertiary/aromatic N) is 2. The van der Waals surface area contributed by atoms with Crippen LogP contribution in [-0.4, -0.2) is 34.0 Å². The number of fused-ring (bicyclic) bond motifs is 1. The lowest BCUT2D eigenvalue weighted by Gasteiger charge is -2.14. The zero-order valence-electron chi connectivity index (χ0n) is 13.8. The minimum Gasteiger partial charge on any atom is -0.496 e. The largest absolute Gasteiger partial charge is 0.496 e. The SMILES string of the molecule is COc1cc2c(cc1C=C1SC(=S)N(Cc3cccnc3)C1=O)OCO2. The fourth-order valence-corrected chi connectivity index (χ4v) is 3.93. The lowest BCUT2D eigenvalue weighted by atomic mass is 10.1. The molecule has 0 saturated carbocycles. The van der Waals surface area contributed by atoms with Crippen LogP contribution < -0.4 is 14.2 Å². The number of hydrogen-bond acceptors (Lipinski definition) is 7. The van der Waals surface area contributed by atoms with E-state index in [4.69, 9.17) is 26.4 Å². The zero-order valence-corrected chi connectivity index (χ0v) is 15.4. The van der Waals surface area contributed by atoms with Gasteiger partial charge >= 0.3 is 0 Å². The number of thiocarbonyl (C=S) groups is 1. The smallest absolute Gasteiger partial charge is 0.266 e. The molecule has 6 nitrogen and oxygen atoms in total. The van der Waals surface area contributed by atoms with Crippen molar-refractivity contribution in [1.29, 1.82) is 0 Å². The Kier molecular flexibility index (Phi) is 4.52. The molecule has 0 bridgehead atoms. The van der Waals surface area contributed by atoms with Crippen molar-refractivity contribution >= 4 is 40.3 Å². The van der Waals surface area contributed by atoms with Crippen LogP contribution in [0.25, 0.3) is 6.08 Å². The molecule has 1 fully saturated rings. The molecule has 26 heavy (non-hydrogen) atoms. The van der Waals surface area contributed by atoms with Crippen LogP contribution in [0.3, 0.4) is 0 Å². The van der Waals surface area contributed by atoms with Gasteiger partial charge < -0.3 is 14.2 Å². The summed E-state index contributed by atoms with van der Waals surface area (Å²) >= 11 is 6.65. The van der Waals surface area contributed by atoms with Crippen LogP contribution in [0.2, 0.25) is 0 Å². The molecule has 0 unspecified atom stereocenters. The molecular weight excluding hydrogens is 372 g/mol. The van der Waals surface area contributed by atoms with Crippen molar-refractivity contribution in [2.24, 2.45) is 0 Å². The van der Waals surface area contributed by atoms with E-state index in [1.165, 1.54) is 11.8 Å². The number of amides is 1. The van der Waals surface area contributed by atoms with Gasteiger partial charge in [0.05, 0.1) is 18.6 Å². The summed E-state index contributed by atoms with van der Waals surface area (Å²) in [7, 11) is 1.57. The van der Waals surface area contributed by atoms with Crippen molar-refractivity contribution in [3.63, 3.8) is 0 Å². The Morgan fingerprint density at radius 1 is 1.38 bits per heavy atom. The van der Waals surface area contributed by atoms with Gasteiger partial charge in [-0.25, -0.2) is 0 Å². The molecule has 1 saturated heterocycles. The van der Waals surface area contributed by atoms with Gasteiger partial charge in [0.15, 0.2) is 11.5 Å². The number of benzene rings is 1. The first-order chi connectivity index (χ1) is 12.7. The van der Waals surface area contributed by atoms with Gasteiger partial charge in [-0.2, -0.15) is 0 Å². The minimum atomic E-state index is -0.136. The maximum atomic E-state index is 12.8. The van der Waals surface area contributed by atoms with Gasteiger partial charge in [-0.15, -0.1) is 0 Å². The number of rotatable bonds is 4.